The lowest BCUT2D eigenvalue weighted by atomic mass is 10.2. The Kier molecular flexibility index (Phi) is 5.75. The summed E-state index contributed by atoms with van der Waals surface area (Å²) in [5, 5.41) is 6.88. The van der Waals surface area contributed by atoms with E-state index in [9.17, 15) is 4.79 Å². The van der Waals surface area contributed by atoms with Crippen LogP contribution in [0.15, 0.2) is 42.0 Å². The maximum Gasteiger partial charge on any atom is 0.237 e. The second-order valence-corrected chi connectivity index (χ2v) is 8.21. The Morgan fingerprint density at radius 1 is 1.18 bits per heavy atom. The number of amides is 1. The number of carbonyl (C=O) groups excluding carboxylic acids is 1. The van der Waals surface area contributed by atoms with Gasteiger partial charge in [-0.25, -0.2) is 9.97 Å². The van der Waals surface area contributed by atoms with Gasteiger partial charge in [0.2, 0.25) is 5.91 Å². The molecule has 0 spiro atoms. The van der Waals surface area contributed by atoms with Crippen molar-refractivity contribution < 1.29 is 4.79 Å². The molecule has 3 aromatic rings. The first-order valence-corrected chi connectivity index (χ1v) is 10.6. The smallest absolute Gasteiger partial charge is 0.237 e. The molecule has 1 saturated heterocycles. The molecule has 1 amide bonds. The fraction of sp³-hybridized carbons (Fsp3) is 0.350. The van der Waals surface area contributed by atoms with Crippen molar-refractivity contribution >= 4 is 44.9 Å². The van der Waals surface area contributed by atoms with Crippen molar-refractivity contribution in [2.24, 2.45) is 0 Å². The average Bonchev–Trinajstić information content (AvgIpc) is 3.22. The second-order valence-electron chi connectivity index (χ2n) is 6.88. The molecule has 0 saturated carbocycles. The highest BCUT2D eigenvalue weighted by molar-refractivity contribution is 7.16. The molecule has 0 aliphatic carbocycles. The van der Waals surface area contributed by atoms with Gasteiger partial charge in [-0.2, -0.15) is 0 Å². The van der Waals surface area contributed by atoms with Crippen molar-refractivity contribution in [3.63, 3.8) is 0 Å². The van der Waals surface area contributed by atoms with E-state index in [1.165, 1.54) is 0 Å². The van der Waals surface area contributed by atoms with Gasteiger partial charge in [0.25, 0.3) is 0 Å². The monoisotopic (exact) mass is 415 g/mol. The summed E-state index contributed by atoms with van der Waals surface area (Å²) in [6.07, 6.45) is 1.63. The van der Waals surface area contributed by atoms with E-state index < -0.39 is 0 Å². The average molecular weight is 416 g/mol. The van der Waals surface area contributed by atoms with E-state index in [4.69, 9.17) is 11.6 Å². The van der Waals surface area contributed by atoms with E-state index in [0.29, 0.717) is 11.6 Å². The van der Waals surface area contributed by atoms with Crippen molar-refractivity contribution in [1.29, 1.82) is 0 Å². The molecule has 0 bridgehead atoms. The van der Waals surface area contributed by atoms with Crippen LogP contribution in [0.25, 0.3) is 10.2 Å². The van der Waals surface area contributed by atoms with E-state index in [2.05, 4.69) is 31.2 Å². The van der Waals surface area contributed by atoms with Gasteiger partial charge in [0.05, 0.1) is 11.4 Å². The van der Waals surface area contributed by atoms with Crippen molar-refractivity contribution in [2.75, 3.05) is 31.1 Å². The van der Waals surface area contributed by atoms with Crippen molar-refractivity contribution in [3.8, 4) is 0 Å². The number of piperazine rings is 1. The number of rotatable bonds is 5. The lowest BCUT2D eigenvalue weighted by Gasteiger charge is -2.38. The summed E-state index contributed by atoms with van der Waals surface area (Å²) in [5.41, 5.74) is 1.04. The van der Waals surface area contributed by atoms with Crippen molar-refractivity contribution in [3.05, 3.63) is 52.6 Å². The third kappa shape index (κ3) is 4.11. The standard InChI is InChI=1S/C20H22ClN5OS/c1-14(19(27)22-12-15-2-4-16(21)5-3-15)25-7-9-26(10-8-25)18-17-6-11-28-20(17)24-13-23-18/h2-6,11,13-14H,7-10,12H2,1H3,(H,22,27). The van der Waals surface area contributed by atoms with Gasteiger partial charge in [-0.3, -0.25) is 9.69 Å². The first-order valence-electron chi connectivity index (χ1n) is 9.31. The van der Waals surface area contributed by atoms with Crippen LogP contribution < -0.4 is 10.2 Å². The fourth-order valence-corrected chi connectivity index (χ4v) is 4.31. The molecule has 1 aromatic carbocycles. The Morgan fingerprint density at radius 3 is 2.68 bits per heavy atom. The number of benzene rings is 1. The number of anilines is 1. The van der Waals surface area contributed by atoms with E-state index in [-0.39, 0.29) is 11.9 Å². The van der Waals surface area contributed by atoms with Gasteiger partial charge in [0.15, 0.2) is 0 Å². The highest BCUT2D eigenvalue weighted by Gasteiger charge is 2.26. The molecule has 1 N–H and O–H groups in total. The molecule has 2 aromatic heterocycles. The molecular weight excluding hydrogens is 394 g/mol. The van der Waals surface area contributed by atoms with E-state index in [1.54, 1.807) is 17.7 Å². The number of hydrogen-bond donors (Lipinski definition) is 1. The van der Waals surface area contributed by atoms with Crippen LogP contribution in [-0.2, 0) is 11.3 Å². The van der Waals surface area contributed by atoms with Gasteiger partial charge < -0.3 is 10.2 Å². The first-order chi connectivity index (χ1) is 13.6. The first kappa shape index (κ1) is 19.1. The number of nitrogens with zero attached hydrogens (tertiary/aromatic N) is 4. The third-order valence-corrected chi connectivity index (χ3v) is 6.23. The Hall–Kier alpha value is -2.22. The zero-order valence-electron chi connectivity index (χ0n) is 15.6. The highest BCUT2D eigenvalue weighted by Crippen LogP contribution is 2.27. The molecular formula is C20H22ClN5OS. The van der Waals surface area contributed by atoms with E-state index >= 15 is 0 Å². The molecule has 6 nitrogen and oxygen atoms in total. The number of thiophene rings is 1. The molecule has 28 heavy (non-hydrogen) atoms. The lowest BCUT2D eigenvalue weighted by molar-refractivity contribution is -0.126. The Labute approximate surface area is 173 Å². The maximum absolute atomic E-state index is 12.6. The van der Waals surface area contributed by atoms with Crippen LogP contribution in [-0.4, -0.2) is 53.0 Å². The summed E-state index contributed by atoms with van der Waals surface area (Å²) in [6.45, 7) is 5.82. The largest absolute Gasteiger partial charge is 0.353 e. The molecule has 146 valence electrons. The van der Waals surface area contributed by atoms with Gasteiger partial charge in [-0.05, 0) is 36.1 Å². The quantitative estimate of drug-likeness (QED) is 0.693. The number of fused-ring (bicyclic) bond motifs is 1. The summed E-state index contributed by atoms with van der Waals surface area (Å²) in [5.74, 6) is 1.04. The summed E-state index contributed by atoms with van der Waals surface area (Å²) in [7, 11) is 0. The predicted octanol–water partition coefficient (Wildman–Crippen LogP) is 3.17. The SMILES string of the molecule is CC(C(=O)NCc1ccc(Cl)cc1)N1CCN(c2ncnc3sccc23)CC1. The second kappa shape index (κ2) is 8.43. The summed E-state index contributed by atoms with van der Waals surface area (Å²) in [4.78, 5) is 26.9. The normalized spacial score (nSPS) is 16.3. The number of carbonyl (C=O) groups is 1. The van der Waals surface area contributed by atoms with Crippen LogP contribution >= 0.6 is 22.9 Å². The van der Waals surface area contributed by atoms with Crippen LogP contribution in [0.2, 0.25) is 5.02 Å². The molecule has 8 heteroatoms. The van der Waals surface area contributed by atoms with E-state index in [0.717, 1.165) is 47.8 Å². The third-order valence-electron chi connectivity index (χ3n) is 5.16. The minimum atomic E-state index is -0.166. The van der Waals surface area contributed by atoms with Crippen molar-refractivity contribution in [1.82, 2.24) is 20.2 Å². The molecule has 1 aliphatic heterocycles. The highest BCUT2D eigenvalue weighted by atomic mass is 35.5. The zero-order chi connectivity index (χ0) is 19.5. The van der Waals surface area contributed by atoms with Gasteiger partial charge in [-0.15, -0.1) is 11.3 Å². The fourth-order valence-electron chi connectivity index (χ4n) is 3.45. The minimum Gasteiger partial charge on any atom is -0.353 e. The Balaban J connectivity index is 1.32. The number of hydrogen-bond acceptors (Lipinski definition) is 6. The van der Waals surface area contributed by atoms with Gasteiger partial charge in [-0.1, -0.05) is 23.7 Å². The van der Waals surface area contributed by atoms with Crippen LogP contribution in [0, 0.1) is 0 Å². The maximum atomic E-state index is 12.6. The van der Waals surface area contributed by atoms with E-state index in [1.807, 2.05) is 36.6 Å². The summed E-state index contributed by atoms with van der Waals surface area (Å²) < 4.78 is 0. The predicted molar refractivity (Wildman–Crippen MR) is 114 cm³/mol. The molecule has 1 aliphatic rings. The molecule has 3 heterocycles. The minimum absolute atomic E-state index is 0.0469. The Morgan fingerprint density at radius 2 is 1.93 bits per heavy atom. The lowest BCUT2D eigenvalue weighted by Crippen LogP contribution is -2.54. The zero-order valence-corrected chi connectivity index (χ0v) is 17.2. The molecule has 0 radical (unpaired) electrons. The number of nitrogens with one attached hydrogen (secondary N) is 1. The van der Waals surface area contributed by atoms with Crippen LogP contribution in [0.1, 0.15) is 12.5 Å². The summed E-state index contributed by atoms with van der Waals surface area (Å²) >= 11 is 7.53. The van der Waals surface area contributed by atoms with Gasteiger partial charge >= 0.3 is 0 Å². The van der Waals surface area contributed by atoms with Crippen molar-refractivity contribution in [2.45, 2.75) is 19.5 Å². The Bertz CT molecular complexity index is 953. The van der Waals surface area contributed by atoms with Crippen LogP contribution in [0.4, 0.5) is 5.82 Å². The number of aromatic nitrogens is 2. The molecule has 1 unspecified atom stereocenters. The molecule has 4 rings (SSSR count). The molecule has 1 atom stereocenters. The van der Waals surface area contributed by atoms with Gasteiger partial charge in [0.1, 0.15) is 17.0 Å². The summed E-state index contributed by atoms with van der Waals surface area (Å²) in [6, 6.07) is 9.44. The topological polar surface area (TPSA) is 61.4 Å². The molecule has 1 fully saturated rings. The number of halogens is 1. The van der Waals surface area contributed by atoms with Crippen LogP contribution in [0.3, 0.4) is 0 Å². The van der Waals surface area contributed by atoms with Crippen LogP contribution in [0.5, 0.6) is 0 Å². The van der Waals surface area contributed by atoms with Gasteiger partial charge in [0, 0.05) is 37.7 Å².